The minimum atomic E-state index is -6.23. The van der Waals surface area contributed by atoms with Crippen LogP contribution >= 0.6 is 0 Å². The van der Waals surface area contributed by atoms with Gasteiger partial charge in [-0.15, -0.1) is 0 Å². The van der Waals surface area contributed by atoms with Crippen molar-refractivity contribution in [3.05, 3.63) is 24.8 Å². The Hall–Kier alpha value is 1.46. The molecule has 0 radical (unpaired) electrons. The van der Waals surface area contributed by atoms with E-state index >= 15 is 0 Å². The van der Waals surface area contributed by atoms with Crippen LogP contribution in [0, 0.1) is 0 Å². The number of halogens is 10. The number of rotatable bonds is 26. The van der Waals surface area contributed by atoms with E-state index in [1.807, 2.05) is 0 Å². The fourth-order valence-electron chi connectivity index (χ4n) is 5.29. The Balaban J connectivity index is -0.000000109. The van der Waals surface area contributed by atoms with Gasteiger partial charge in [0.1, 0.15) is 5.78 Å². The summed E-state index contributed by atoms with van der Waals surface area (Å²) in [5, 5.41) is -11.0. The first-order valence-electron chi connectivity index (χ1n) is 20.7. The average molecular weight is 1090 g/mol. The third-order valence-electron chi connectivity index (χ3n) is 8.65. The van der Waals surface area contributed by atoms with Gasteiger partial charge in [-0.3, -0.25) is 0 Å². The first kappa shape index (κ1) is 83.3. The molecule has 0 unspecified atom stereocenters. The van der Waals surface area contributed by atoms with Crippen molar-refractivity contribution < 1.29 is 193 Å². The second-order valence-electron chi connectivity index (χ2n) is 14.9. The van der Waals surface area contributed by atoms with Crippen molar-refractivity contribution in [3.63, 3.8) is 0 Å². The second kappa shape index (κ2) is 49.1. The summed E-state index contributed by atoms with van der Waals surface area (Å²) < 4.78 is 145. The van der Waals surface area contributed by atoms with E-state index in [9.17, 15) is 65.9 Å². The summed E-state index contributed by atoms with van der Waals surface area (Å²) in [6, 6.07) is 0. The van der Waals surface area contributed by atoms with E-state index in [-0.39, 0.29) is 141 Å². The number of alkyl halides is 8. The van der Waals surface area contributed by atoms with Crippen LogP contribution in [0.1, 0.15) is 164 Å². The zero-order valence-corrected chi connectivity index (χ0v) is 48.6. The van der Waals surface area contributed by atoms with Crippen LogP contribution in [0.15, 0.2) is 24.8 Å². The third kappa shape index (κ3) is 48.9. The van der Waals surface area contributed by atoms with Crippen LogP contribution in [0.5, 0.6) is 0 Å². The van der Waals surface area contributed by atoms with Gasteiger partial charge in [-0.25, -0.2) is 34.4 Å². The quantitative estimate of drug-likeness (QED) is 0.0465. The largest absolute Gasteiger partial charge is 1.00 e. The Labute approximate surface area is 485 Å². The molecule has 0 saturated heterocycles. The predicted octanol–water partition coefficient (Wildman–Crippen LogP) is -0.807. The van der Waals surface area contributed by atoms with Crippen LogP contribution in [0.4, 0.5) is 35.1 Å². The first-order chi connectivity index (χ1) is 27.8. The van der Waals surface area contributed by atoms with Gasteiger partial charge in [-0.05, 0) is 26.7 Å². The van der Waals surface area contributed by atoms with Crippen molar-refractivity contribution in [1.29, 1.82) is 0 Å². The topological polar surface area (TPSA) is 144 Å². The number of Topliss-reactive ketones (excluding diaryl/α,β-unsaturated/α-hetero) is 1. The molecule has 0 aliphatic carbocycles. The smallest absolute Gasteiger partial charge is 1.00 e. The molecule has 2 aliphatic rings. The summed E-state index contributed by atoms with van der Waals surface area (Å²) in [6.45, 7) is 12.3. The Morgan fingerprint density at radius 2 is 0.723 bits per heavy atom. The molecule has 0 fully saturated rings. The maximum absolute atomic E-state index is 11.4. The molecular weight excluding hydrogens is 1010 g/mol. The zero-order chi connectivity index (χ0) is 46.8. The first-order valence-corrected chi connectivity index (χ1v) is 23.5. The van der Waals surface area contributed by atoms with Crippen LogP contribution < -0.4 is 128 Å². The monoisotopic (exact) mass is 1090 g/mol. The number of nitrogens with zero attached hydrogens (tertiary/aromatic N) is 4. The number of carbonyl (C=O) groups excluding carboxylic acids is 1. The van der Waals surface area contributed by atoms with E-state index < -0.39 is 43.6 Å². The molecule has 0 amide bonds. The summed E-state index contributed by atoms with van der Waals surface area (Å²) in [7, 11) is -8.20. The number of unbranched alkanes of at least 4 members (excludes halogenated alkanes) is 18. The molecular formula is C40H76Cl2F8K2N4O7S2-2. The van der Waals surface area contributed by atoms with Gasteiger partial charge >= 0.3 is 126 Å². The maximum Gasteiger partial charge on any atom is 1.00 e. The van der Waals surface area contributed by atoms with Crippen LogP contribution in [-0.2, 0) is 25.0 Å². The van der Waals surface area contributed by atoms with Gasteiger partial charge in [0.15, 0.2) is 20.2 Å². The van der Waals surface area contributed by atoms with E-state index in [0.29, 0.717) is 0 Å². The summed E-state index contributed by atoms with van der Waals surface area (Å²) in [6.07, 6.45) is 28.3. The summed E-state index contributed by atoms with van der Waals surface area (Å²) in [4.78, 5) is 18.7. The van der Waals surface area contributed by atoms with Gasteiger partial charge in [0.05, 0.1) is 13.3 Å². The minimum Gasteiger partial charge on any atom is -1.00 e. The fraction of sp³-hybridized carbons (Fsp3) is 0.875. The maximum atomic E-state index is 11.4. The molecule has 384 valence electrons. The normalized spacial score (nSPS) is 13.0. The summed E-state index contributed by atoms with van der Waals surface area (Å²) >= 11 is 0. The predicted molar refractivity (Wildman–Crippen MR) is 225 cm³/mol. The minimum absolute atomic E-state index is 0. The summed E-state index contributed by atoms with van der Waals surface area (Å²) in [5.74, 6) is 0.167. The van der Waals surface area contributed by atoms with E-state index in [0.717, 1.165) is 13.3 Å². The molecule has 0 aromatic heterocycles. The van der Waals surface area contributed by atoms with Gasteiger partial charge in [-0.2, -0.15) is 17.6 Å². The molecule has 2 rings (SSSR count). The molecule has 65 heavy (non-hydrogen) atoms. The van der Waals surface area contributed by atoms with Crippen LogP contribution in [-0.4, -0.2) is 115 Å². The van der Waals surface area contributed by atoms with Crippen molar-refractivity contribution in [2.45, 2.75) is 187 Å². The van der Waals surface area contributed by atoms with Crippen molar-refractivity contribution in [3.8, 4) is 0 Å². The Bertz CT molecular complexity index is 1280. The summed E-state index contributed by atoms with van der Waals surface area (Å²) in [5.41, 5.74) is 0. The number of hydrogen-bond acceptors (Lipinski definition) is 11. The van der Waals surface area contributed by atoms with Gasteiger partial charge in [0, 0.05) is 52.0 Å². The van der Waals surface area contributed by atoms with Crippen molar-refractivity contribution in [2.75, 3.05) is 40.5 Å². The molecule has 2 aliphatic heterocycles. The molecule has 0 saturated carbocycles. The zero-order valence-electron chi connectivity index (χ0n) is 39.2. The average Bonchev–Trinajstić information content (AvgIpc) is 3.76. The molecule has 0 bridgehead atoms. The molecule has 0 N–H and O–H groups in total. The number of ketones is 1. The Morgan fingerprint density at radius 1 is 0.523 bits per heavy atom. The second-order valence-corrected chi connectivity index (χ2v) is 17.8. The van der Waals surface area contributed by atoms with Crippen LogP contribution in [0.25, 0.3) is 0 Å². The molecule has 2 heterocycles. The molecule has 0 atom stereocenters. The SMILES string of the molecule is C.CC(C)=O.CCCCCCCCCCCCN1C=CN(C)C1.CCCCCCCCCCCCN1C=CN(C)C1.O=S(=O)([O-])C(F)(F)C(F)F.O=S(=O)([O-])C(F)(F)C(F)F.[Cl-].[Cl-].[K+].[K+]. The molecule has 11 nitrogen and oxygen atoms in total. The molecule has 0 spiro atoms. The van der Waals surface area contributed by atoms with E-state index in [4.69, 9.17) is 0 Å². The van der Waals surface area contributed by atoms with Gasteiger partial charge in [0.25, 0.3) is 0 Å². The molecule has 0 aromatic carbocycles. The Morgan fingerprint density at radius 3 is 0.862 bits per heavy atom. The fourth-order valence-corrected chi connectivity index (χ4v) is 5.73. The Kier molecular flexibility index (Phi) is 62.9. The van der Waals surface area contributed by atoms with Gasteiger partial charge in [0.2, 0.25) is 0 Å². The van der Waals surface area contributed by atoms with E-state index in [1.54, 1.807) is 0 Å². The van der Waals surface area contributed by atoms with Crippen molar-refractivity contribution in [2.24, 2.45) is 0 Å². The van der Waals surface area contributed by atoms with Crippen molar-refractivity contribution >= 4 is 26.0 Å². The van der Waals surface area contributed by atoms with Crippen LogP contribution in [0.2, 0.25) is 0 Å². The molecule has 0 aromatic rings. The number of carbonyl (C=O) groups is 1. The van der Waals surface area contributed by atoms with E-state index in [1.165, 1.54) is 155 Å². The van der Waals surface area contributed by atoms with Crippen molar-refractivity contribution in [1.82, 2.24) is 19.6 Å². The van der Waals surface area contributed by atoms with Gasteiger partial charge < -0.3 is 58.3 Å². The molecule has 25 heteroatoms. The number of hydrogen-bond donors (Lipinski definition) is 0. The third-order valence-corrected chi connectivity index (χ3v) is 10.3. The van der Waals surface area contributed by atoms with Crippen LogP contribution in [0.3, 0.4) is 0 Å². The van der Waals surface area contributed by atoms with E-state index in [2.05, 4.69) is 72.3 Å². The van der Waals surface area contributed by atoms with Gasteiger partial charge in [-0.1, -0.05) is 137 Å². The standard InChI is InChI=1S/2C16H32N2.C3H6O.2C2H2F4O3S.CH4.2ClH.2K/c2*1-3-4-5-6-7-8-9-10-11-12-13-18-15-14-17(2)16-18;1-3(2)4;2*3-1(4)2(5,6)10(7,8)9;;;;;/h2*14-15H,3-13,16H2,1-2H3;1-2H3;2*1H,(H,7,8,9);1H4;2*1H;;/q;;;;;;;;2*+1/p-4.